The highest BCUT2D eigenvalue weighted by molar-refractivity contribution is 5.75. The summed E-state index contributed by atoms with van der Waals surface area (Å²) in [7, 11) is 0. The van der Waals surface area contributed by atoms with E-state index in [0.717, 1.165) is 5.57 Å². The molecule has 0 saturated carbocycles. The van der Waals surface area contributed by atoms with Crippen molar-refractivity contribution in [2.24, 2.45) is 17.3 Å². The van der Waals surface area contributed by atoms with Crippen LogP contribution < -0.4 is 22.8 Å². The van der Waals surface area contributed by atoms with Crippen molar-refractivity contribution in [1.82, 2.24) is 10.5 Å². The van der Waals surface area contributed by atoms with Gasteiger partial charge in [-0.25, -0.2) is 11.3 Å². The Balaban J connectivity index is 5.24. The van der Waals surface area contributed by atoms with Crippen LogP contribution in [0, 0.1) is 0 Å². The SMILES string of the molecule is C\C=C/C=C(\C=C/C)CC(CC(=O)NO)N(N)/C=C(\N)CN. The Bertz CT molecular complexity index is 455. The van der Waals surface area contributed by atoms with Crippen LogP contribution in [-0.4, -0.2) is 28.7 Å². The molecule has 0 heterocycles. The number of hydroxylamine groups is 1. The molecule has 0 aromatic carbocycles. The molecule has 0 bridgehead atoms. The van der Waals surface area contributed by atoms with Gasteiger partial charge < -0.3 is 16.5 Å². The largest absolute Gasteiger partial charge is 0.400 e. The molecule has 0 fully saturated rings. The standard InChI is InChI=1S/C15H27N5O2/c1-3-5-7-12(6-4-2)8-14(9-15(21)19-22)20(18)11-13(17)10-16/h3-7,11,14,22H,8-10,16-18H2,1-2H3,(H,19,21)/b5-3-,6-4-,12-7+,13-11-. The average Bonchev–Trinajstić information content (AvgIpc) is 2.51. The molecule has 0 aliphatic rings. The fourth-order valence-electron chi connectivity index (χ4n) is 1.79. The second-order valence-corrected chi connectivity index (χ2v) is 4.72. The first kappa shape index (κ1) is 19.9. The van der Waals surface area contributed by atoms with Gasteiger partial charge in [0.25, 0.3) is 0 Å². The molecule has 0 aromatic heterocycles. The Morgan fingerprint density at radius 3 is 2.50 bits per heavy atom. The van der Waals surface area contributed by atoms with Crippen molar-refractivity contribution in [2.45, 2.75) is 32.7 Å². The van der Waals surface area contributed by atoms with Crippen molar-refractivity contribution < 1.29 is 10.0 Å². The predicted molar refractivity (Wildman–Crippen MR) is 88.0 cm³/mol. The molecular formula is C15H27N5O2. The molecule has 124 valence electrons. The quantitative estimate of drug-likeness (QED) is 0.184. The maximum atomic E-state index is 11.5. The lowest BCUT2D eigenvalue weighted by atomic mass is 10.0. The van der Waals surface area contributed by atoms with Crippen LogP contribution in [-0.2, 0) is 4.79 Å². The molecular weight excluding hydrogens is 282 g/mol. The van der Waals surface area contributed by atoms with E-state index in [-0.39, 0.29) is 19.0 Å². The number of carbonyl (C=O) groups excluding carboxylic acids is 1. The number of hydrogen-bond donors (Lipinski definition) is 5. The number of allylic oxidation sites excluding steroid dienone is 5. The van der Waals surface area contributed by atoms with Gasteiger partial charge in [-0.2, -0.15) is 0 Å². The molecule has 0 spiro atoms. The van der Waals surface area contributed by atoms with Gasteiger partial charge in [-0.1, -0.05) is 30.4 Å². The topological polar surface area (TPSA) is 131 Å². The second kappa shape index (κ2) is 11.6. The number of hydrazine groups is 1. The summed E-state index contributed by atoms with van der Waals surface area (Å²) in [5.41, 5.74) is 14.1. The van der Waals surface area contributed by atoms with E-state index in [1.165, 1.54) is 11.2 Å². The number of nitrogens with zero attached hydrogens (tertiary/aromatic N) is 1. The van der Waals surface area contributed by atoms with E-state index < -0.39 is 5.91 Å². The molecule has 0 aliphatic heterocycles. The lowest BCUT2D eigenvalue weighted by Gasteiger charge is -2.26. The highest BCUT2D eigenvalue weighted by atomic mass is 16.5. The minimum Gasteiger partial charge on any atom is -0.400 e. The molecule has 0 rings (SSSR count). The molecule has 22 heavy (non-hydrogen) atoms. The van der Waals surface area contributed by atoms with Gasteiger partial charge in [0, 0.05) is 18.4 Å². The number of amides is 1. The van der Waals surface area contributed by atoms with Crippen LogP contribution in [0.1, 0.15) is 26.7 Å². The van der Waals surface area contributed by atoms with Crippen LogP contribution in [0.5, 0.6) is 0 Å². The highest BCUT2D eigenvalue weighted by Crippen LogP contribution is 2.15. The van der Waals surface area contributed by atoms with Gasteiger partial charge in [0.1, 0.15) is 0 Å². The van der Waals surface area contributed by atoms with Gasteiger partial charge >= 0.3 is 0 Å². The van der Waals surface area contributed by atoms with Crippen molar-refractivity contribution in [2.75, 3.05) is 6.54 Å². The van der Waals surface area contributed by atoms with Gasteiger partial charge in [-0.3, -0.25) is 10.0 Å². The van der Waals surface area contributed by atoms with E-state index in [2.05, 4.69) is 0 Å². The third-order valence-corrected chi connectivity index (χ3v) is 2.87. The van der Waals surface area contributed by atoms with Crippen molar-refractivity contribution in [3.63, 3.8) is 0 Å². The molecule has 7 heteroatoms. The molecule has 1 unspecified atom stereocenters. The normalized spacial score (nSPS) is 14.6. The smallest absolute Gasteiger partial charge is 0.245 e. The lowest BCUT2D eigenvalue weighted by molar-refractivity contribution is -0.130. The highest BCUT2D eigenvalue weighted by Gasteiger charge is 2.18. The van der Waals surface area contributed by atoms with E-state index in [0.29, 0.717) is 12.1 Å². The summed E-state index contributed by atoms with van der Waals surface area (Å²) in [6, 6.07) is -0.370. The Morgan fingerprint density at radius 2 is 2.00 bits per heavy atom. The third kappa shape index (κ3) is 8.25. The summed E-state index contributed by atoms with van der Waals surface area (Å²) in [5, 5.41) is 10.1. The fourth-order valence-corrected chi connectivity index (χ4v) is 1.79. The lowest BCUT2D eigenvalue weighted by Crippen LogP contribution is -2.41. The Kier molecular flexibility index (Phi) is 10.5. The Morgan fingerprint density at radius 1 is 1.32 bits per heavy atom. The van der Waals surface area contributed by atoms with Gasteiger partial charge in [0.2, 0.25) is 5.91 Å². The molecule has 8 N–H and O–H groups in total. The third-order valence-electron chi connectivity index (χ3n) is 2.87. The second-order valence-electron chi connectivity index (χ2n) is 4.72. The zero-order valence-electron chi connectivity index (χ0n) is 13.2. The Labute approximate surface area is 131 Å². The van der Waals surface area contributed by atoms with E-state index in [1.807, 2.05) is 44.2 Å². The van der Waals surface area contributed by atoms with Crippen molar-refractivity contribution >= 4 is 5.91 Å². The van der Waals surface area contributed by atoms with Gasteiger partial charge in [-0.05, 0) is 25.8 Å². The number of hydrogen-bond acceptors (Lipinski definition) is 6. The number of rotatable bonds is 9. The molecule has 7 nitrogen and oxygen atoms in total. The maximum absolute atomic E-state index is 11.5. The first-order chi connectivity index (χ1) is 10.5. The number of nitrogens with one attached hydrogen (secondary N) is 1. The van der Waals surface area contributed by atoms with Crippen LogP contribution in [0.25, 0.3) is 0 Å². The van der Waals surface area contributed by atoms with E-state index in [1.54, 1.807) is 5.48 Å². The van der Waals surface area contributed by atoms with E-state index in [9.17, 15) is 4.79 Å². The van der Waals surface area contributed by atoms with Crippen molar-refractivity contribution in [3.8, 4) is 0 Å². The molecule has 0 radical (unpaired) electrons. The van der Waals surface area contributed by atoms with Crippen LogP contribution in [0.15, 0.2) is 47.9 Å². The fraction of sp³-hybridized carbons (Fsp3) is 0.400. The first-order valence-corrected chi connectivity index (χ1v) is 7.05. The van der Waals surface area contributed by atoms with Gasteiger partial charge in [0.15, 0.2) is 0 Å². The summed E-state index contributed by atoms with van der Waals surface area (Å²) >= 11 is 0. The van der Waals surface area contributed by atoms with Crippen LogP contribution in [0.4, 0.5) is 0 Å². The van der Waals surface area contributed by atoms with Crippen LogP contribution in [0.3, 0.4) is 0 Å². The Hall–Kier alpha value is -2.09. The molecule has 0 aliphatic carbocycles. The van der Waals surface area contributed by atoms with Gasteiger partial charge in [0.05, 0.1) is 12.5 Å². The first-order valence-electron chi connectivity index (χ1n) is 7.05. The number of carbonyl (C=O) groups is 1. The summed E-state index contributed by atoms with van der Waals surface area (Å²) in [6.07, 6.45) is 11.6. The van der Waals surface area contributed by atoms with Crippen LogP contribution in [0.2, 0.25) is 0 Å². The maximum Gasteiger partial charge on any atom is 0.245 e. The van der Waals surface area contributed by atoms with Crippen LogP contribution >= 0.6 is 0 Å². The molecule has 0 aromatic rings. The molecule has 1 amide bonds. The molecule has 0 saturated heterocycles. The predicted octanol–water partition coefficient (Wildman–Crippen LogP) is 0.654. The zero-order valence-corrected chi connectivity index (χ0v) is 13.2. The van der Waals surface area contributed by atoms with E-state index >= 15 is 0 Å². The minimum absolute atomic E-state index is 0.0199. The summed E-state index contributed by atoms with van der Waals surface area (Å²) in [6.45, 7) is 3.99. The van der Waals surface area contributed by atoms with Crippen molar-refractivity contribution in [3.05, 3.63) is 47.9 Å². The minimum atomic E-state index is -0.522. The summed E-state index contributed by atoms with van der Waals surface area (Å²) in [5.74, 6) is 5.44. The summed E-state index contributed by atoms with van der Waals surface area (Å²) < 4.78 is 0. The molecule has 1 atom stereocenters. The monoisotopic (exact) mass is 309 g/mol. The summed E-state index contributed by atoms with van der Waals surface area (Å²) in [4.78, 5) is 11.5. The van der Waals surface area contributed by atoms with E-state index in [4.69, 9.17) is 22.5 Å². The van der Waals surface area contributed by atoms with Gasteiger partial charge in [-0.15, -0.1) is 0 Å². The zero-order chi connectivity index (χ0) is 17.0. The van der Waals surface area contributed by atoms with Crippen molar-refractivity contribution in [1.29, 1.82) is 0 Å². The average molecular weight is 309 g/mol. The number of nitrogens with two attached hydrogens (primary N) is 3.